The SMILES string of the molecule is CC(=O)Nc1ccc2c(c1)CCCS2(=O)=O. The number of nitrogens with one attached hydrogen (secondary N) is 1. The number of benzene rings is 1. The molecule has 4 nitrogen and oxygen atoms in total. The largest absolute Gasteiger partial charge is 0.326 e. The summed E-state index contributed by atoms with van der Waals surface area (Å²) < 4.78 is 23.4. The molecule has 1 amide bonds. The first kappa shape index (κ1) is 11.1. The summed E-state index contributed by atoms with van der Waals surface area (Å²) in [5.41, 5.74) is 1.46. The van der Waals surface area contributed by atoms with Gasteiger partial charge in [-0.25, -0.2) is 8.42 Å². The molecule has 0 aromatic heterocycles. The van der Waals surface area contributed by atoms with Gasteiger partial charge < -0.3 is 5.32 Å². The van der Waals surface area contributed by atoms with E-state index in [-0.39, 0.29) is 11.7 Å². The van der Waals surface area contributed by atoms with Gasteiger partial charge in [-0.1, -0.05) is 0 Å². The molecule has 2 rings (SSSR count). The molecule has 0 radical (unpaired) electrons. The number of rotatable bonds is 1. The van der Waals surface area contributed by atoms with Gasteiger partial charge in [-0.15, -0.1) is 0 Å². The van der Waals surface area contributed by atoms with Gasteiger partial charge in [0.05, 0.1) is 10.6 Å². The van der Waals surface area contributed by atoms with Crippen LogP contribution < -0.4 is 5.32 Å². The summed E-state index contributed by atoms with van der Waals surface area (Å²) in [7, 11) is -3.10. The van der Waals surface area contributed by atoms with Crippen molar-refractivity contribution in [2.45, 2.75) is 24.7 Å². The zero-order valence-electron chi connectivity index (χ0n) is 8.99. The summed E-state index contributed by atoms with van der Waals surface area (Å²) in [5, 5.41) is 2.65. The number of carbonyl (C=O) groups excluding carboxylic acids is 1. The number of anilines is 1. The van der Waals surface area contributed by atoms with Gasteiger partial charge in [-0.3, -0.25) is 4.79 Å². The molecule has 1 aromatic carbocycles. The lowest BCUT2D eigenvalue weighted by Crippen LogP contribution is -2.16. The maximum absolute atomic E-state index is 11.7. The Hall–Kier alpha value is -1.36. The molecule has 0 spiro atoms. The Bertz CT molecular complexity index is 534. The summed E-state index contributed by atoms with van der Waals surface area (Å²) in [6.07, 6.45) is 1.40. The fourth-order valence-electron chi connectivity index (χ4n) is 1.92. The second kappa shape index (κ2) is 3.90. The first-order valence-electron chi connectivity index (χ1n) is 5.12. The van der Waals surface area contributed by atoms with E-state index in [1.807, 2.05) is 0 Å². The average Bonchev–Trinajstić information content (AvgIpc) is 2.15. The van der Waals surface area contributed by atoms with E-state index in [4.69, 9.17) is 0 Å². The van der Waals surface area contributed by atoms with E-state index >= 15 is 0 Å². The molecule has 0 unspecified atom stereocenters. The van der Waals surface area contributed by atoms with Crippen LogP contribution in [-0.2, 0) is 21.1 Å². The molecule has 0 bridgehead atoms. The van der Waals surface area contributed by atoms with Gasteiger partial charge >= 0.3 is 0 Å². The van der Waals surface area contributed by atoms with Crippen LogP contribution in [0.3, 0.4) is 0 Å². The molecular formula is C11H13NO3S. The molecule has 1 aromatic rings. The minimum Gasteiger partial charge on any atom is -0.326 e. The van der Waals surface area contributed by atoms with E-state index in [1.54, 1.807) is 18.2 Å². The van der Waals surface area contributed by atoms with Crippen LogP contribution in [-0.4, -0.2) is 20.1 Å². The standard InChI is InChI=1S/C11H13NO3S/c1-8(13)12-10-4-5-11-9(7-10)3-2-6-16(11,14)15/h4-5,7H,2-3,6H2,1H3,(H,12,13). The van der Waals surface area contributed by atoms with E-state index in [0.29, 0.717) is 17.0 Å². The molecule has 86 valence electrons. The first-order chi connectivity index (χ1) is 7.49. The van der Waals surface area contributed by atoms with Crippen molar-refractivity contribution in [1.82, 2.24) is 0 Å². The Morgan fingerprint density at radius 2 is 2.12 bits per heavy atom. The third-order valence-electron chi connectivity index (χ3n) is 2.58. The third-order valence-corrected chi connectivity index (χ3v) is 4.47. The summed E-state index contributed by atoms with van der Waals surface area (Å²) in [6.45, 7) is 1.43. The van der Waals surface area contributed by atoms with Crippen molar-refractivity contribution in [2.24, 2.45) is 0 Å². The second-order valence-electron chi connectivity index (χ2n) is 3.93. The lowest BCUT2D eigenvalue weighted by Gasteiger charge is -2.17. The van der Waals surface area contributed by atoms with E-state index in [0.717, 1.165) is 12.0 Å². The monoisotopic (exact) mass is 239 g/mol. The number of aryl methyl sites for hydroxylation is 1. The Kier molecular flexibility index (Phi) is 2.71. The number of carbonyl (C=O) groups is 1. The fraction of sp³-hybridized carbons (Fsp3) is 0.364. The summed E-state index contributed by atoms with van der Waals surface area (Å²) in [6, 6.07) is 4.95. The van der Waals surface area contributed by atoms with Crippen molar-refractivity contribution in [2.75, 3.05) is 11.1 Å². The number of amides is 1. The predicted molar refractivity (Wildman–Crippen MR) is 61.1 cm³/mol. The third kappa shape index (κ3) is 2.09. The van der Waals surface area contributed by atoms with Crippen molar-refractivity contribution in [3.63, 3.8) is 0 Å². The molecule has 1 N–H and O–H groups in total. The van der Waals surface area contributed by atoms with Gasteiger partial charge in [-0.2, -0.15) is 0 Å². The van der Waals surface area contributed by atoms with E-state index in [1.165, 1.54) is 6.92 Å². The molecule has 5 heteroatoms. The maximum atomic E-state index is 11.7. The van der Waals surface area contributed by atoms with Gasteiger partial charge in [0.1, 0.15) is 0 Å². The van der Waals surface area contributed by atoms with Crippen LogP contribution in [0.5, 0.6) is 0 Å². The number of fused-ring (bicyclic) bond motifs is 1. The van der Waals surface area contributed by atoms with Crippen LogP contribution in [0.2, 0.25) is 0 Å². The highest BCUT2D eigenvalue weighted by atomic mass is 32.2. The maximum Gasteiger partial charge on any atom is 0.221 e. The van der Waals surface area contributed by atoms with Crippen molar-refractivity contribution in [3.05, 3.63) is 23.8 Å². The molecule has 0 atom stereocenters. The molecule has 1 heterocycles. The Morgan fingerprint density at radius 3 is 2.81 bits per heavy atom. The number of hydrogen-bond acceptors (Lipinski definition) is 3. The van der Waals surface area contributed by atoms with Crippen LogP contribution >= 0.6 is 0 Å². The topological polar surface area (TPSA) is 63.2 Å². The first-order valence-corrected chi connectivity index (χ1v) is 6.77. The van der Waals surface area contributed by atoms with Crippen molar-refractivity contribution < 1.29 is 13.2 Å². The molecule has 0 saturated carbocycles. The lowest BCUT2D eigenvalue weighted by atomic mass is 10.1. The van der Waals surface area contributed by atoms with E-state index in [9.17, 15) is 13.2 Å². The summed E-state index contributed by atoms with van der Waals surface area (Å²) in [5.74, 6) is 0.0677. The normalized spacial score (nSPS) is 17.6. The molecule has 0 fully saturated rings. The van der Waals surface area contributed by atoms with Crippen LogP contribution in [0.4, 0.5) is 5.69 Å². The highest BCUT2D eigenvalue weighted by Gasteiger charge is 2.23. The molecule has 16 heavy (non-hydrogen) atoms. The number of hydrogen-bond donors (Lipinski definition) is 1. The van der Waals surface area contributed by atoms with E-state index < -0.39 is 9.84 Å². The quantitative estimate of drug-likeness (QED) is 0.805. The molecule has 1 aliphatic heterocycles. The van der Waals surface area contributed by atoms with Crippen molar-refractivity contribution >= 4 is 21.4 Å². The minimum absolute atomic E-state index is 0.154. The minimum atomic E-state index is -3.10. The van der Waals surface area contributed by atoms with E-state index in [2.05, 4.69) is 5.32 Å². The zero-order valence-corrected chi connectivity index (χ0v) is 9.80. The van der Waals surface area contributed by atoms with Gasteiger partial charge in [-0.05, 0) is 36.6 Å². The van der Waals surface area contributed by atoms with Crippen LogP contribution in [0.25, 0.3) is 0 Å². The van der Waals surface area contributed by atoms with Crippen molar-refractivity contribution in [3.8, 4) is 0 Å². The Labute approximate surface area is 94.6 Å². The molecule has 0 saturated heterocycles. The Morgan fingerprint density at radius 1 is 1.38 bits per heavy atom. The predicted octanol–water partition coefficient (Wildman–Crippen LogP) is 1.36. The highest BCUT2D eigenvalue weighted by molar-refractivity contribution is 7.91. The van der Waals surface area contributed by atoms with Crippen LogP contribution in [0.15, 0.2) is 23.1 Å². The smallest absolute Gasteiger partial charge is 0.221 e. The van der Waals surface area contributed by atoms with Crippen LogP contribution in [0, 0.1) is 0 Å². The van der Waals surface area contributed by atoms with Crippen LogP contribution in [0.1, 0.15) is 18.9 Å². The Balaban J connectivity index is 2.43. The van der Waals surface area contributed by atoms with Crippen molar-refractivity contribution in [1.29, 1.82) is 0 Å². The zero-order chi connectivity index (χ0) is 11.8. The lowest BCUT2D eigenvalue weighted by molar-refractivity contribution is -0.114. The average molecular weight is 239 g/mol. The molecular weight excluding hydrogens is 226 g/mol. The second-order valence-corrected chi connectivity index (χ2v) is 6.00. The fourth-order valence-corrected chi connectivity index (χ4v) is 3.50. The molecule has 0 aliphatic carbocycles. The highest BCUT2D eigenvalue weighted by Crippen LogP contribution is 2.27. The van der Waals surface area contributed by atoms with Gasteiger partial charge in [0, 0.05) is 12.6 Å². The van der Waals surface area contributed by atoms with Gasteiger partial charge in [0.15, 0.2) is 9.84 Å². The van der Waals surface area contributed by atoms with Gasteiger partial charge in [0.2, 0.25) is 5.91 Å². The summed E-state index contributed by atoms with van der Waals surface area (Å²) in [4.78, 5) is 11.3. The number of sulfone groups is 1. The van der Waals surface area contributed by atoms with Gasteiger partial charge in [0.25, 0.3) is 0 Å². The molecule has 1 aliphatic rings. The summed E-state index contributed by atoms with van der Waals surface area (Å²) >= 11 is 0.